The molecule has 0 aromatic heterocycles. The first-order valence-corrected chi connectivity index (χ1v) is 6.54. The summed E-state index contributed by atoms with van der Waals surface area (Å²) in [6.07, 6.45) is -2.86. The smallest absolute Gasteiger partial charge is 0.372 e. The Kier molecular flexibility index (Phi) is 6.61. The van der Waals surface area contributed by atoms with Crippen LogP contribution in [-0.4, -0.2) is 19.1 Å². The van der Waals surface area contributed by atoms with Crippen molar-refractivity contribution in [1.29, 1.82) is 0 Å². The van der Waals surface area contributed by atoms with Crippen LogP contribution in [0.4, 0.5) is 17.6 Å². The zero-order valence-electron chi connectivity index (χ0n) is 11.6. The van der Waals surface area contributed by atoms with Gasteiger partial charge in [-0.3, -0.25) is 4.79 Å². The van der Waals surface area contributed by atoms with E-state index in [0.29, 0.717) is 12.7 Å². The van der Waals surface area contributed by atoms with E-state index in [9.17, 15) is 22.4 Å². The van der Waals surface area contributed by atoms with E-state index < -0.39 is 23.5 Å². The quantitative estimate of drug-likeness (QED) is 0.620. The van der Waals surface area contributed by atoms with Gasteiger partial charge in [0.15, 0.2) is 0 Å². The van der Waals surface area contributed by atoms with E-state index in [2.05, 4.69) is 5.32 Å². The van der Waals surface area contributed by atoms with Crippen LogP contribution in [-0.2, 0) is 22.3 Å². The third kappa shape index (κ3) is 6.57. The van der Waals surface area contributed by atoms with Crippen LogP contribution in [0.25, 0.3) is 0 Å². The van der Waals surface area contributed by atoms with E-state index in [1.54, 1.807) is 0 Å². The standard InChI is InChI=1S/C14H17F4NO2/c1-2-3-4-21-9-13(20)19-8-10-5-11(14(16,17)18)7-12(15)6-10/h5-7H,2-4,8-9H2,1H3,(H,19,20). The van der Waals surface area contributed by atoms with Gasteiger partial charge in [-0.05, 0) is 30.2 Å². The number of hydrogen-bond donors (Lipinski definition) is 1. The van der Waals surface area contributed by atoms with Crippen molar-refractivity contribution in [2.75, 3.05) is 13.2 Å². The number of halogens is 4. The van der Waals surface area contributed by atoms with Gasteiger partial charge in [0.2, 0.25) is 5.91 Å². The van der Waals surface area contributed by atoms with Gasteiger partial charge in [0, 0.05) is 13.2 Å². The van der Waals surface area contributed by atoms with Crippen LogP contribution < -0.4 is 5.32 Å². The predicted octanol–water partition coefficient (Wildman–Crippen LogP) is 3.28. The molecular formula is C14H17F4NO2. The van der Waals surface area contributed by atoms with Crippen LogP contribution in [0.3, 0.4) is 0 Å². The molecule has 0 unspecified atom stereocenters. The molecule has 0 spiro atoms. The summed E-state index contributed by atoms with van der Waals surface area (Å²) < 4.78 is 55.7. The Morgan fingerprint density at radius 2 is 2.00 bits per heavy atom. The van der Waals surface area contributed by atoms with Gasteiger partial charge in [-0.25, -0.2) is 4.39 Å². The van der Waals surface area contributed by atoms with E-state index in [0.717, 1.165) is 25.0 Å². The lowest BCUT2D eigenvalue weighted by Gasteiger charge is -2.10. The summed E-state index contributed by atoms with van der Waals surface area (Å²) in [7, 11) is 0. The molecule has 0 saturated heterocycles. The van der Waals surface area contributed by atoms with E-state index in [1.807, 2.05) is 6.92 Å². The Morgan fingerprint density at radius 3 is 2.62 bits per heavy atom. The summed E-state index contributed by atoms with van der Waals surface area (Å²) in [5, 5.41) is 2.38. The van der Waals surface area contributed by atoms with Gasteiger partial charge < -0.3 is 10.1 Å². The van der Waals surface area contributed by atoms with Crippen molar-refractivity contribution in [1.82, 2.24) is 5.32 Å². The van der Waals surface area contributed by atoms with Gasteiger partial charge in [-0.15, -0.1) is 0 Å². The second kappa shape index (κ2) is 7.97. The molecule has 7 heteroatoms. The van der Waals surface area contributed by atoms with Crippen LogP contribution in [0, 0.1) is 5.82 Å². The van der Waals surface area contributed by atoms with Crippen molar-refractivity contribution in [2.24, 2.45) is 0 Å². The van der Waals surface area contributed by atoms with E-state index in [4.69, 9.17) is 4.74 Å². The zero-order valence-corrected chi connectivity index (χ0v) is 11.6. The number of alkyl halides is 3. The maximum atomic E-state index is 13.1. The van der Waals surface area contributed by atoms with Crippen LogP contribution >= 0.6 is 0 Å². The summed E-state index contributed by atoms with van der Waals surface area (Å²) in [5.41, 5.74) is -1.03. The molecule has 3 nitrogen and oxygen atoms in total. The number of hydrogen-bond acceptors (Lipinski definition) is 2. The van der Waals surface area contributed by atoms with E-state index >= 15 is 0 Å². The van der Waals surface area contributed by atoms with Crippen molar-refractivity contribution in [2.45, 2.75) is 32.5 Å². The molecule has 1 aromatic carbocycles. The molecule has 0 aliphatic carbocycles. The molecule has 0 saturated carbocycles. The van der Waals surface area contributed by atoms with Crippen molar-refractivity contribution >= 4 is 5.91 Å². The van der Waals surface area contributed by atoms with Gasteiger partial charge in [0.25, 0.3) is 0 Å². The third-order valence-corrected chi connectivity index (χ3v) is 2.65. The fraction of sp³-hybridized carbons (Fsp3) is 0.500. The van der Waals surface area contributed by atoms with Gasteiger partial charge in [0.05, 0.1) is 5.56 Å². The molecule has 0 atom stereocenters. The second-order valence-electron chi connectivity index (χ2n) is 4.53. The largest absolute Gasteiger partial charge is 0.416 e. The predicted molar refractivity (Wildman–Crippen MR) is 69.0 cm³/mol. The summed E-state index contributed by atoms with van der Waals surface area (Å²) >= 11 is 0. The minimum Gasteiger partial charge on any atom is -0.372 e. The highest BCUT2D eigenvalue weighted by molar-refractivity contribution is 5.77. The lowest BCUT2D eigenvalue weighted by atomic mass is 10.1. The number of carbonyl (C=O) groups excluding carboxylic acids is 1. The number of benzene rings is 1. The van der Waals surface area contributed by atoms with Gasteiger partial charge >= 0.3 is 6.18 Å². The molecule has 1 N–H and O–H groups in total. The number of unbranched alkanes of at least 4 members (excludes halogenated alkanes) is 1. The van der Waals surface area contributed by atoms with Crippen molar-refractivity contribution in [3.05, 3.63) is 35.1 Å². The monoisotopic (exact) mass is 307 g/mol. The van der Waals surface area contributed by atoms with Gasteiger partial charge in [-0.1, -0.05) is 13.3 Å². The lowest BCUT2D eigenvalue weighted by molar-refractivity contribution is -0.137. The molecule has 0 fully saturated rings. The van der Waals surface area contributed by atoms with E-state index in [1.165, 1.54) is 0 Å². The average Bonchev–Trinajstić information content (AvgIpc) is 2.40. The number of rotatable bonds is 7. The first-order valence-electron chi connectivity index (χ1n) is 6.54. The highest BCUT2D eigenvalue weighted by atomic mass is 19.4. The van der Waals surface area contributed by atoms with Gasteiger partial charge in [-0.2, -0.15) is 13.2 Å². The molecular weight excluding hydrogens is 290 g/mol. The number of amides is 1. The minimum absolute atomic E-state index is 0.0456. The molecule has 0 radical (unpaired) electrons. The summed E-state index contributed by atoms with van der Waals surface area (Å²) in [6, 6.07) is 2.17. The minimum atomic E-state index is -4.62. The maximum absolute atomic E-state index is 13.1. The second-order valence-corrected chi connectivity index (χ2v) is 4.53. The average molecular weight is 307 g/mol. The van der Waals surface area contributed by atoms with Crippen LogP contribution in [0.15, 0.2) is 18.2 Å². The highest BCUT2D eigenvalue weighted by Crippen LogP contribution is 2.30. The Balaban J connectivity index is 2.52. The highest BCUT2D eigenvalue weighted by Gasteiger charge is 2.31. The summed E-state index contributed by atoms with van der Waals surface area (Å²) in [5.74, 6) is -1.45. The maximum Gasteiger partial charge on any atom is 0.416 e. The summed E-state index contributed by atoms with van der Waals surface area (Å²) in [4.78, 5) is 11.4. The third-order valence-electron chi connectivity index (χ3n) is 2.65. The van der Waals surface area contributed by atoms with Crippen molar-refractivity contribution in [3.63, 3.8) is 0 Å². The SMILES string of the molecule is CCCCOCC(=O)NCc1cc(F)cc(C(F)(F)F)c1. The Labute approximate surface area is 120 Å². The number of ether oxygens (including phenoxy) is 1. The van der Waals surface area contributed by atoms with E-state index in [-0.39, 0.29) is 18.7 Å². The van der Waals surface area contributed by atoms with Crippen LogP contribution in [0.5, 0.6) is 0 Å². The topological polar surface area (TPSA) is 38.3 Å². The molecule has 1 aromatic rings. The molecule has 0 bridgehead atoms. The fourth-order valence-corrected chi connectivity index (χ4v) is 1.58. The molecule has 0 heterocycles. The number of carbonyl (C=O) groups is 1. The summed E-state index contributed by atoms with van der Waals surface area (Å²) in [6.45, 7) is 2.08. The fourth-order valence-electron chi connectivity index (χ4n) is 1.58. The Hall–Kier alpha value is -1.63. The Bertz CT molecular complexity index is 475. The normalized spacial score (nSPS) is 11.5. The molecule has 0 aliphatic heterocycles. The van der Waals surface area contributed by atoms with Crippen LogP contribution in [0.1, 0.15) is 30.9 Å². The van der Waals surface area contributed by atoms with Gasteiger partial charge in [0.1, 0.15) is 12.4 Å². The molecule has 21 heavy (non-hydrogen) atoms. The first kappa shape index (κ1) is 17.4. The molecule has 0 aliphatic rings. The van der Waals surface area contributed by atoms with Crippen molar-refractivity contribution in [3.8, 4) is 0 Å². The lowest BCUT2D eigenvalue weighted by Crippen LogP contribution is -2.27. The zero-order chi connectivity index (χ0) is 15.9. The molecule has 1 amide bonds. The van der Waals surface area contributed by atoms with Crippen molar-refractivity contribution < 1.29 is 27.1 Å². The molecule has 1 rings (SSSR count). The number of nitrogens with one attached hydrogen (secondary N) is 1. The van der Waals surface area contributed by atoms with Crippen LogP contribution in [0.2, 0.25) is 0 Å². The molecule has 118 valence electrons. The first-order chi connectivity index (χ1) is 9.82. The Morgan fingerprint density at radius 1 is 1.29 bits per heavy atom.